The van der Waals surface area contributed by atoms with Crippen LogP contribution in [0.2, 0.25) is 0 Å². The lowest BCUT2D eigenvalue weighted by molar-refractivity contribution is 0.0450. The predicted molar refractivity (Wildman–Crippen MR) is 131 cm³/mol. The van der Waals surface area contributed by atoms with E-state index in [4.69, 9.17) is 18.9 Å². The van der Waals surface area contributed by atoms with Gasteiger partial charge in [0.25, 0.3) is 0 Å². The Kier molecular flexibility index (Phi) is 7.40. The summed E-state index contributed by atoms with van der Waals surface area (Å²) < 4.78 is 21.8. The van der Waals surface area contributed by atoms with Crippen molar-refractivity contribution in [1.29, 1.82) is 0 Å². The zero-order valence-electron chi connectivity index (χ0n) is 19.2. The highest BCUT2D eigenvalue weighted by molar-refractivity contribution is 6.00. The summed E-state index contributed by atoms with van der Waals surface area (Å²) in [4.78, 5) is 24.0. The van der Waals surface area contributed by atoms with E-state index < -0.39 is 5.97 Å². The molecule has 0 aliphatic heterocycles. The molecule has 4 aromatic carbocycles. The normalized spacial score (nSPS) is 10.9. The van der Waals surface area contributed by atoms with Crippen molar-refractivity contribution in [3.8, 4) is 11.5 Å². The van der Waals surface area contributed by atoms with Gasteiger partial charge >= 0.3 is 5.97 Å². The summed E-state index contributed by atoms with van der Waals surface area (Å²) in [7, 11) is 1.64. The number of carbonyl (C=O) groups excluding carboxylic acids is 2. The van der Waals surface area contributed by atoms with Crippen LogP contribution in [0.4, 0.5) is 0 Å². The van der Waals surface area contributed by atoms with Crippen LogP contribution in [0.5, 0.6) is 11.5 Å². The standard InChI is InChI=1S/C28H26O6/c1-19(29)20-3-4-22-16-25(6-5-21(22)15-20)28(30)34-14-13-33-27-10-8-23-17-26(32-12-11-31-2)9-7-24(23)18-27/h3-10,15-18H,11-14H2,1-2H3. The van der Waals surface area contributed by atoms with Crippen molar-refractivity contribution in [3.63, 3.8) is 0 Å². The van der Waals surface area contributed by atoms with Gasteiger partial charge in [-0.05, 0) is 70.9 Å². The average molecular weight is 459 g/mol. The zero-order valence-corrected chi connectivity index (χ0v) is 19.2. The molecule has 0 aliphatic rings. The van der Waals surface area contributed by atoms with E-state index in [2.05, 4.69) is 0 Å². The number of benzene rings is 4. The molecule has 0 aliphatic carbocycles. The van der Waals surface area contributed by atoms with Gasteiger partial charge in [-0.3, -0.25) is 4.79 Å². The molecule has 0 bridgehead atoms. The molecule has 6 heteroatoms. The van der Waals surface area contributed by atoms with Crippen LogP contribution in [0.25, 0.3) is 21.5 Å². The zero-order chi connectivity index (χ0) is 23.9. The van der Waals surface area contributed by atoms with Crippen LogP contribution in [-0.2, 0) is 9.47 Å². The van der Waals surface area contributed by atoms with Gasteiger partial charge in [-0.25, -0.2) is 4.79 Å². The number of hydrogen-bond acceptors (Lipinski definition) is 6. The monoisotopic (exact) mass is 458 g/mol. The predicted octanol–water partition coefficient (Wildman–Crippen LogP) is 5.46. The van der Waals surface area contributed by atoms with Gasteiger partial charge in [0, 0.05) is 12.7 Å². The lowest BCUT2D eigenvalue weighted by Gasteiger charge is -2.10. The van der Waals surface area contributed by atoms with E-state index in [1.165, 1.54) is 6.92 Å². The quantitative estimate of drug-likeness (QED) is 0.179. The molecule has 0 saturated carbocycles. The smallest absolute Gasteiger partial charge is 0.338 e. The minimum absolute atomic E-state index is 0.00788. The largest absolute Gasteiger partial charge is 0.491 e. The first kappa shape index (κ1) is 23.3. The van der Waals surface area contributed by atoms with Crippen LogP contribution in [0, 0.1) is 0 Å². The van der Waals surface area contributed by atoms with Gasteiger partial charge in [0.05, 0.1) is 12.2 Å². The summed E-state index contributed by atoms with van der Waals surface area (Å²) >= 11 is 0. The Morgan fingerprint density at radius 1 is 0.618 bits per heavy atom. The van der Waals surface area contributed by atoms with Crippen molar-refractivity contribution in [2.24, 2.45) is 0 Å². The third-order valence-corrected chi connectivity index (χ3v) is 5.41. The highest BCUT2D eigenvalue weighted by atomic mass is 16.6. The van der Waals surface area contributed by atoms with Crippen molar-refractivity contribution in [3.05, 3.63) is 83.9 Å². The van der Waals surface area contributed by atoms with E-state index in [1.807, 2.05) is 54.6 Å². The third kappa shape index (κ3) is 5.71. The molecule has 0 heterocycles. The summed E-state index contributed by atoms with van der Waals surface area (Å²) in [5.41, 5.74) is 1.10. The van der Waals surface area contributed by atoms with E-state index in [-0.39, 0.29) is 19.0 Å². The first-order chi connectivity index (χ1) is 16.5. The molecule has 0 amide bonds. The lowest BCUT2D eigenvalue weighted by Crippen LogP contribution is -2.12. The van der Waals surface area contributed by atoms with Gasteiger partial charge in [0.15, 0.2) is 5.78 Å². The van der Waals surface area contributed by atoms with Gasteiger partial charge in [-0.1, -0.05) is 30.3 Å². The second-order valence-electron chi connectivity index (χ2n) is 7.83. The number of rotatable bonds is 10. The number of ketones is 1. The molecule has 0 N–H and O–H groups in total. The van der Waals surface area contributed by atoms with Crippen LogP contribution in [0.15, 0.2) is 72.8 Å². The fourth-order valence-electron chi connectivity index (χ4n) is 3.59. The van der Waals surface area contributed by atoms with E-state index in [0.717, 1.165) is 27.3 Å². The van der Waals surface area contributed by atoms with Gasteiger partial charge < -0.3 is 18.9 Å². The van der Waals surface area contributed by atoms with E-state index >= 15 is 0 Å². The van der Waals surface area contributed by atoms with Crippen LogP contribution in [0.1, 0.15) is 27.6 Å². The molecule has 34 heavy (non-hydrogen) atoms. The second-order valence-corrected chi connectivity index (χ2v) is 7.83. The lowest BCUT2D eigenvalue weighted by atomic mass is 10.0. The van der Waals surface area contributed by atoms with Gasteiger partial charge in [0.2, 0.25) is 0 Å². The summed E-state index contributed by atoms with van der Waals surface area (Å²) in [5, 5.41) is 3.84. The molecule has 4 rings (SSSR count). The summed E-state index contributed by atoms with van der Waals surface area (Å²) in [6, 6.07) is 22.3. The van der Waals surface area contributed by atoms with E-state index in [9.17, 15) is 9.59 Å². The van der Waals surface area contributed by atoms with E-state index in [0.29, 0.717) is 30.1 Å². The molecule has 0 spiro atoms. The van der Waals surface area contributed by atoms with Crippen LogP contribution >= 0.6 is 0 Å². The highest BCUT2D eigenvalue weighted by Crippen LogP contribution is 2.25. The average Bonchev–Trinajstić information content (AvgIpc) is 2.86. The van der Waals surface area contributed by atoms with Crippen molar-refractivity contribution in [1.82, 2.24) is 0 Å². The molecule has 6 nitrogen and oxygen atoms in total. The molecule has 0 fully saturated rings. The van der Waals surface area contributed by atoms with E-state index in [1.54, 1.807) is 25.3 Å². The number of methoxy groups -OCH3 is 1. The molecule has 0 atom stereocenters. The van der Waals surface area contributed by atoms with Crippen molar-refractivity contribution >= 4 is 33.3 Å². The first-order valence-electron chi connectivity index (χ1n) is 11.0. The Balaban J connectivity index is 1.30. The molecule has 0 saturated heterocycles. The first-order valence-corrected chi connectivity index (χ1v) is 11.0. The summed E-state index contributed by atoms with van der Waals surface area (Å²) in [5.74, 6) is 1.08. The topological polar surface area (TPSA) is 71.1 Å². The second kappa shape index (κ2) is 10.8. The molecular formula is C28H26O6. The number of carbonyl (C=O) groups is 2. The van der Waals surface area contributed by atoms with Gasteiger partial charge in [0.1, 0.15) is 31.3 Å². The maximum absolute atomic E-state index is 12.4. The fraction of sp³-hybridized carbons (Fsp3) is 0.214. The number of hydrogen-bond donors (Lipinski definition) is 0. The highest BCUT2D eigenvalue weighted by Gasteiger charge is 2.09. The number of ether oxygens (including phenoxy) is 4. The number of esters is 1. The molecule has 4 aromatic rings. The van der Waals surface area contributed by atoms with Crippen LogP contribution < -0.4 is 9.47 Å². The Hall–Kier alpha value is -3.90. The number of Topliss-reactive ketones (excluding diaryl/α,β-unsaturated/α-hetero) is 1. The third-order valence-electron chi connectivity index (χ3n) is 5.41. The van der Waals surface area contributed by atoms with Gasteiger partial charge in [-0.2, -0.15) is 0 Å². The Morgan fingerprint density at radius 2 is 1.12 bits per heavy atom. The Labute approximate surface area is 198 Å². The fourth-order valence-corrected chi connectivity index (χ4v) is 3.59. The molecule has 0 unspecified atom stereocenters. The Morgan fingerprint density at radius 3 is 1.71 bits per heavy atom. The van der Waals surface area contributed by atoms with Crippen molar-refractivity contribution < 1.29 is 28.5 Å². The minimum atomic E-state index is -0.416. The maximum Gasteiger partial charge on any atom is 0.338 e. The summed E-state index contributed by atoms with van der Waals surface area (Å²) in [6.07, 6.45) is 0. The SMILES string of the molecule is COCCOc1ccc2cc(OCCOC(=O)c3ccc4cc(C(C)=O)ccc4c3)ccc2c1. The molecular weight excluding hydrogens is 432 g/mol. The van der Waals surface area contributed by atoms with Crippen molar-refractivity contribution in [2.75, 3.05) is 33.5 Å². The van der Waals surface area contributed by atoms with Crippen LogP contribution in [-0.4, -0.2) is 45.3 Å². The van der Waals surface area contributed by atoms with Gasteiger partial charge in [-0.15, -0.1) is 0 Å². The number of fused-ring (bicyclic) bond motifs is 2. The van der Waals surface area contributed by atoms with Crippen LogP contribution in [0.3, 0.4) is 0 Å². The molecule has 174 valence electrons. The van der Waals surface area contributed by atoms with Crippen molar-refractivity contribution in [2.45, 2.75) is 6.92 Å². The molecule has 0 aromatic heterocycles. The maximum atomic E-state index is 12.4. The molecule has 0 radical (unpaired) electrons. The minimum Gasteiger partial charge on any atom is -0.491 e. The Bertz CT molecular complexity index is 1330. The summed E-state index contributed by atoms with van der Waals surface area (Å²) in [6.45, 7) is 2.94.